The van der Waals surface area contributed by atoms with Crippen LogP contribution < -0.4 is 14.8 Å². The summed E-state index contributed by atoms with van der Waals surface area (Å²) in [6.07, 6.45) is -0.0906. The maximum atomic E-state index is 13.3. The molecule has 2 aromatic carbocycles. The minimum atomic E-state index is -2.99. The molecule has 0 bridgehead atoms. The standard InChI is InChI=1S/C22H23F3N2O4/c1-13(2)30-19-8-14(6-7-18(19)31-22(24)25)15-9-21(29)27(11-15)12-20(28)26-17-5-3-4-16(23)10-17/h3-8,10,13,15,22H,9,11-12H2,1-2H3,(H,26,28)/t15-/m1/s1. The van der Waals surface area contributed by atoms with Gasteiger partial charge in [-0.15, -0.1) is 0 Å². The van der Waals surface area contributed by atoms with E-state index in [0.29, 0.717) is 5.69 Å². The molecule has 1 atom stereocenters. The molecule has 0 spiro atoms. The Labute approximate surface area is 177 Å². The number of rotatable bonds is 8. The number of likely N-dealkylation sites (tertiary alicyclic amines) is 1. The Balaban J connectivity index is 1.68. The third-order valence-corrected chi connectivity index (χ3v) is 4.68. The number of benzene rings is 2. The second-order valence-corrected chi connectivity index (χ2v) is 7.49. The smallest absolute Gasteiger partial charge is 0.387 e. The van der Waals surface area contributed by atoms with E-state index in [4.69, 9.17) is 4.74 Å². The number of ether oxygens (including phenoxy) is 2. The van der Waals surface area contributed by atoms with Crippen molar-refractivity contribution in [2.24, 2.45) is 0 Å². The molecule has 0 saturated carbocycles. The van der Waals surface area contributed by atoms with Crippen molar-refractivity contribution >= 4 is 17.5 Å². The van der Waals surface area contributed by atoms with Gasteiger partial charge in [-0.3, -0.25) is 9.59 Å². The van der Waals surface area contributed by atoms with E-state index in [1.165, 1.54) is 29.2 Å². The Morgan fingerprint density at radius 3 is 2.61 bits per heavy atom. The molecule has 31 heavy (non-hydrogen) atoms. The fourth-order valence-corrected chi connectivity index (χ4v) is 3.41. The van der Waals surface area contributed by atoms with E-state index in [1.807, 2.05) is 0 Å². The lowest BCUT2D eigenvalue weighted by Crippen LogP contribution is -2.34. The highest BCUT2D eigenvalue weighted by Crippen LogP contribution is 2.36. The number of nitrogens with one attached hydrogen (secondary N) is 1. The van der Waals surface area contributed by atoms with Crippen LogP contribution in [0, 0.1) is 5.82 Å². The molecule has 1 aliphatic heterocycles. The lowest BCUT2D eigenvalue weighted by atomic mass is 9.98. The van der Waals surface area contributed by atoms with Crippen molar-refractivity contribution in [3.8, 4) is 11.5 Å². The van der Waals surface area contributed by atoms with Crippen molar-refractivity contribution in [1.82, 2.24) is 4.90 Å². The molecule has 9 heteroatoms. The summed E-state index contributed by atoms with van der Waals surface area (Å²) >= 11 is 0. The Morgan fingerprint density at radius 1 is 1.16 bits per heavy atom. The van der Waals surface area contributed by atoms with Crippen LogP contribution >= 0.6 is 0 Å². The van der Waals surface area contributed by atoms with Crippen molar-refractivity contribution in [2.45, 2.75) is 38.9 Å². The second-order valence-electron chi connectivity index (χ2n) is 7.49. The summed E-state index contributed by atoms with van der Waals surface area (Å²) in [6, 6.07) is 10.1. The number of anilines is 1. The zero-order valence-electron chi connectivity index (χ0n) is 17.1. The highest BCUT2D eigenvalue weighted by Gasteiger charge is 2.32. The van der Waals surface area contributed by atoms with E-state index in [2.05, 4.69) is 10.1 Å². The zero-order chi connectivity index (χ0) is 22.5. The van der Waals surface area contributed by atoms with Crippen LogP contribution in [0.3, 0.4) is 0 Å². The molecular weight excluding hydrogens is 413 g/mol. The molecule has 1 fully saturated rings. The molecule has 0 aliphatic carbocycles. The van der Waals surface area contributed by atoms with Gasteiger partial charge in [-0.25, -0.2) is 4.39 Å². The van der Waals surface area contributed by atoms with Gasteiger partial charge in [-0.05, 0) is 49.7 Å². The van der Waals surface area contributed by atoms with Gasteiger partial charge in [0.25, 0.3) is 0 Å². The first-order chi connectivity index (χ1) is 14.7. The average molecular weight is 436 g/mol. The number of halogens is 3. The van der Waals surface area contributed by atoms with E-state index < -0.39 is 18.3 Å². The number of hydrogen-bond acceptors (Lipinski definition) is 4. The lowest BCUT2D eigenvalue weighted by Gasteiger charge is -2.19. The highest BCUT2D eigenvalue weighted by molar-refractivity contribution is 5.95. The normalized spacial score (nSPS) is 16.2. The summed E-state index contributed by atoms with van der Waals surface area (Å²) in [6.45, 7) is 0.646. The van der Waals surface area contributed by atoms with Crippen LogP contribution in [-0.2, 0) is 9.59 Å². The Morgan fingerprint density at radius 2 is 1.94 bits per heavy atom. The van der Waals surface area contributed by atoms with Gasteiger partial charge in [0.15, 0.2) is 11.5 Å². The molecule has 1 heterocycles. The number of nitrogens with zero attached hydrogens (tertiary/aromatic N) is 1. The SMILES string of the molecule is CC(C)Oc1cc([C@@H]2CC(=O)N(CC(=O)Nc3cccc(F)c3)C2)ccc1OC(F)F. The van der Waals surface area contributed by atoms with Gasteiger partial charge in [0.05, 0.1) is 12.6 Å². The quantitative estimate of drug-likeness (QED) is 0.675. The van der Waals surface area contributed by atoms with Crippen molar-refractivity contribution in [3.05, 3.63) is 53.8 Å². The van der Waals surface area contributed by atoms with E-state index in [0.717, 1.165) is 5.56 Å². The molecule has 6 nitrogen and oxygen atoms in total. The summed E-state index contributed by atoms with van der Waals surface area (Å²) in [5, 5.41) is 2.56. The highest BCUT2D eigenvalue weighted by atomic mass is 19.3. The number of alkyl halides is 2. The molecular formula is C22H23F3N2O4. The average Bonchev–Trinajstić information content (AvgIpc) is 3.02. The molecule has 2 aromatic rings. The van der Waals surface area contributed by atoms with Crippen molar-refractivity contribution in [2.75, 3.05) is 18.4 Å². The van der Waals surface area contributed by atoms with Crippen LogP contribution in [0.25, 0.3) is 0 Å². The van der Waals surface area contributed by atoms with Crippen LogP contribution in [0.4, 0.5) is 18.9 Å². The minimum absolute atomic E-state index is 0.0805. The lowest BCUT2D eigenvalue weighted by molar-refractivity contribution is -0.131. The number of amides is 2. The van der Waals surface area contributed by atoms with Gasteiger partial charge in [0.1, 0.15) is 5.82 Å². The van der Waals surface area contributed by atoms with Gasteiger partial charge >= 0.3 is 6.61 Å². The van der Waals surface area contributed by atoms with Crippen LogP contribution in [0.1, 0.15) is 31.7 Å². The molecule has 1 N–H and O–H groups in total. The number of carbonyl (C=O) groups is 2. The third-order valence-electron chi connectivity index (χ3n) is 4.68. The fraction of sp³-hybridized carbons (Fsp3) is 0.364. The van der Waals surface area contributed by atoms with Crippen molar-refractivity contribution in [3.63, 3.8) is 0 Å². The first kappa shape index (κ1) is 22.5. The molecule has 2 amide bonds. The summed E-state index contributed by atoms with van der Waals surface area (Å²) in [5.74, 6) is -1.27. The number of hydrogen-bond donors (Lipinski definition) is 1. The predicted octanol–water partition coefficient (Wildman–Crippen LogP) is 4.17. The first-order valence-corrected chi connectivity index (χ1v) is 9.80. The Hall–Kier alpha value is -3.23. The molecule has 0 radical (unpaired) electrons. The van der Waals surface area contributed by atoms with Gasteiger partial charge in [0.2, 0.25) is 11.8 Å². The van der Waals surface area contributed by atoms with Gasteiger partial charge in [0, 0.05) is 24.6 Å². The largest absolute Gasteiger partial charge is 0.487 e. The van der Waals surface area contributed by atoms with E-state index in [-0.39, 0.29) is 48.9 Å². The first-order valence-electron chi connectivity index (χ1n) is 9.80. The summed E-state index contributed by atoms with van der Waals surface area (Å²) in [5.41, 5.74) is 1.02. The predicted molar refractivity (Wildman–Crippen MR) is 108 cm³/mol. The van der Waals surface area contributed by atoms with Crippen molar-refractivity contribution in [1.29, 1.82) is 0 Å². The van der Waals surface area contributed by atoms with E-state index in [9.17, 15) is 22.8 Å². The summed E-state index contributed by atoms with van der Waals surface area (Å²) < 4.78 is 48.7. The third kappa shape index (κ3) is 6.13. The molecule has 3 rings (SSSR count). The Kier molecular flexibility index (Phi) is 7.04. The van der Waals surface area contributed by atoms with Crippen LogP contribution in [0.5, 0.6) is 11.5 Å². The Bertz CT molecular complexity index is 952. The summed E-state index contributed by atoms with van der Waals surface area (Å²) in [4.78, 5) is 26.1. The maximum Gasteiger partial charge on any atom is 0.387 e. The van der Waals surface area contributed by atoms with Crippen LogP contribution in [-0.4, -0.2) is 42.5 Å². The molecule has 0 aromatic heterocycles. The summed E-state index contributed by atoms with van der Waals surface area (Å²) in [7, 11) is 0. The van der Waals surface area contributed by atoms with Gasteiger partial charge in [-0.1, -0.05) is 12.1 Å². The molecule has 1 saturated heterocycles. The minimum Gasteiger partial charge on any atom is -0.487 e. The maximum absolute atomic E-state index is 13.3. The zero-order valence-corrected chi connectivity index (χ0v) is 17.1. The monoisotopic (exact) mass is 436 g/mol. The van der Waals surface area contributed by atoms with Crippen molar-refractivity contribution < 1.29 is 32.2 Å². The van der Waals surface area contributed by atoms with Crippen LogP contribution in [0.15, 0.2) is 42.5 Å². The van der Waals surface area contributed by atoms with E-state index >= 15 is 0 Å². The van der Waals surface area contributed by atoms with Crippen LogP contribution in [0.2, 0.25) is 0 Å². The fourth-order valence-electron chi connectivity index (χ4n) is 3.41. The van der Waals surface area contributed by atoms with Gasteiger partial charge in [-0.2, -0.15) is 8.78 Å². The topological polar surface area (TPSA) is 67.9 Å². The molecule has 0 unspecified atom stereocenters. The van der Waals surface area contributed by atoms with E-state index in [1.54, 1.807) is 32.0 Å². The number of carbonyl (C=O) groups excluding carboxylic acids is 2. The molecule has 1 aliphatic rings. The van der Waals surface area contributed by atoms with Gasteiger partial charge < -0.3 is 19.7 Å². The second kappa shape index (κ2) is 9.72. The molecule has 166 valence electrons.